The van der Waals surface area contributed by atoms with E-state index in [0.29, 0.717) is 5.92 Å². The van der Waals surface area contributed by atoms with Gasteiger partial charge in [0.1, 0.15) is 5.01 Å². The third-order valence-corrected chi connectivity index (χ3v) is 5.63. The Morgan fingerprint density at radius 2 is 1.90 bits per heavy atom. The van der Waals surface area contributed by atoms with Crippen LogP contribution >= 0.6 is 11.3 Å². The Morgan fingerprint density at radius 3 is 2.45 bits per heavy atom. The third-order valence-electron chi connectivity index (χ3n) is 4.37. The molecule has 2 aliphatic rings. The molecule has 3 rings (SSSR count). The summed E-state index contributed by atoms with van der Waals surface area (Å²) in [4.78, 5) is 11.3. The van der Waals surface area contributed by atoms with Gasteiger partial charge in [-0.3, -0.25) is 4.90 Å². The maximum absolute atomic E-state index is 6.11. The number of nitrogens with two attached hydrogens (primary N) is 1. The van der Waals surface area contributed by atoms with Crippen LogP contribution in [0.2, 0.25) is 0 Å². The highest BCUT2D eigenvalue weighted by molar-refractivity contribution is 7.11. The van der Waals surface area contributed by atoms with Crippen molar-refractivity contribution in [1.29, 1.82) is 0 Å². The van der Waals surface area contributed by atoms with E-state index >= 15 is 0 Å². The fraction of sp³-hybridized carbons (Fsp3) is 0.800. The Hall–Kier alpha value is -0.490. The lowest BCUT2D eigenvalue weighted by atomic mass is 10.2. The molecule has 2 N–H and O–H groups in total. The zero-order valence-electron chi connectivity index (χ0n) is 12.6. The van der Waals surface area contributed by atoms with Gasteiger partial charge >= 0.3 is 0 Å². The predicted molar refractivity (Wildman–Crippen MR) is 84.1 cm³/mol. The molecule has 0 radical (unpaired) electrons. The van der Waals surface area contributed by atoms with Crippen molar-refractivity contribution in [3.63, 3.8) is 0 Å². The molecule has 1 saturated heterocycles. The van der Waals surface area contributed by atoms with Crippen LogP contribution in [0.4, 0.5) is 0 Å². The molecule has 1 aliphatic carbocycles. The molecule has 0 bridgehead atoms. The fourth-order valence-electron chi connectivity index (χ4n) is 2.89. The minimum atomic E-state index is 0.133. The molecule has 2 heterocycles. The largest absolute Gasteiger partial charge is 0.323 e. The van der Waals surface area contributed by atoms with Crippen LogP contribution in [-0.4, -0.2) is 47.5 Å². The van der Waals surface area contributed by atoms with Gasteiger partial charge in [-0.05, 0) is 26.3 Å². The first-order valence-electron chi connectivity index (χ1n) is 7.87. The van der Waals surface area contributed by atoms with Gasteiger partial charge in [0.05, 0.1) is 12.2 Å². The lowest BCUT2D eigenvalue weighted by Crippen LogP contribution is -2.45. The molecule has 1 aliphatic heterocycles. The van der Waals surface area contributed by atoms with E-state index in [1.54, 1.807) is 0 Å². The van der Waals surface area contributed by atoms with Gasteiger partial charge in [-0.25, -0.2) is 4.98 Å². The molecule has 1 unspecified atom stereocenters. The Bertz CT molecular complexity index is 425. The molecule has 1 atom stereocenters. The standard InChI is InChI=1S/C15H26N4S/c1-3-18-6-8-19(9-7-18)10-13-17-14(12-4-5-12)15(20-13)11(2)16/h11-12H,3-10,16H2,1-2H3. The number of piperazine rings is 1. The van der Waals surface area contributed by atoms with Gasteiger partial charge < -0.3 is 10.6 Å². The zero-order valence-corrected chi connectivity index (χ0v) is 13.5. The Morgan fingerprint density at radius 1 is 1.25 bits per heavy atom. The van der Waals surface area contributed by atoms with E-state index in [9.17, 15) is 0 Å². The molecular weight excluding hydrogens is 268 g/mol. The predicted octanol–water partition coefficient (Wildman–Crippen LogP) is 2.18. The SMILES string of the molecule is CCN1CCN(Cc2nc(C3CC3)c(C(C)N)s2)CC1. The summed E-state index contributed by atoms with van der Waals surface area (Å²) in [6.07, 6.45) is 2.61. The molecule has 4 nitrogen and oxygen atoms in total. The fourth-order valence-corrected chi connectivity index (χ4v) is 4.04. The average molecular weight is 294 g/mol. The summed E-state index contributed by atoms with van der Waals surface area (Å²) in [5.74, 6) is 0.706. The molecule has 0 amide bonds. The second-order valence-corrected chi connectivity index (χ2v) is 7.25. The highest BCUT2D eigenvalue weighted by Crippen LogP contribution is 2.44. The maximum Gasteiger partial charge on any atom is 0.107 e. The number of nitrogens with zero attached hydrogens (tertiary/aromatic N) is 3. The Balaban J connectivity index is 1.64. The number of likely N-dealkylation sites (N-methyl/N-ethyl adjacent to an activating group) is 1. The maximum atomic E-state index is 6.11. The summed E-state index contributed by atoms with van der Waals surface area (Å²) >= 11 is 1.84. The number of thiazole rings is 1. The summed E-state index contributed by atoms with van der Waals surface area (Å²) in [5.41, 5.74) is 7.43. The van der Waals surface area contributed by atoms with Crippen molar-refractivity contribution < 1.29 is 0 Å². The molecule has 5 heteroatoms. The number of hydrogen-bond acceptors (Lipinski definition) is 5. The molecule has 112 valence electrons. The highest BCUT2D eigenvalue weighted by atomic mass is 32.1. The molecule has 0 aromatic carbocycles. The minimum Gasteiger partial charge on any atom is -0.323 e. The van der Waals surface area contributed by atoms with Crippen molar-refractivity contribution >= 4 is 11.3 Å². The second-order valence-electron chi connectivity index (χ2n) is 6.13. The van der Waals surface area contributed by atoms with Crippen molar-refractivity contribution in [2.24, 2.45) is 5.73 Å². The molecule has 1 aromatic heterocycles. The quantitative estimate of drug-likeness (QED) is 0.904. The number of aromatic nitrogens is 1. The number of rotatable bonds is 5. The zero-order chi connectivity index (χ0) is 14.1. The minimum absolute atomic E-state index is 0.133. The van der Waals surface area contributed by atoms with Crippen molar-refractivity contribution in [2.75, 3.05) is 32.7 Å². The first kappa shape index (κ1) is 14.4. The van der Waals surface area contributed by atoms with Crippen LogP contribution in [-0.2, 0) is 6.54 Å². The monoisotopic (exact) mass is 294 g/mol. The Labute approximate surface area is 126 Å². The van der Waals surface area contributed by atoms with Crippen LogP contribution in [0, 0.1) is 0 Å². The summed E-state index contributed by atoms with van der Waals surface area (Å²) in [6.45, 7) is 11.2. The smallest absolute Gasteiger partial charge is 0.107 e. The lowest BCUT2D eigenvalue weighted by molar-refractivity contribution is 0.132. The first-order chi connectivity index (χ1) is 9.67. The van der Waals surface area contributed by atoms with E-state index in [1.165, 1.54) is 61.1 Å². The molecule has 1 saturated carbocycles. The highest BCUT2D eigenvalue weighted by Gasteiger charge is 2.31. The average Bonchev–Trinajstić information content (AvgIpc) is 3.21. The Kier molecular flexibility index (Phi) is 4.40. The van der Waals surface area contributed by atoms with Crippen LogP contribution in [0.25, 0.3) is 0 Å². The molecule has 1 aromatic rings. The van der Waals surface area contributed by atoms with E-state index < -0.39 is 0 Å². The molecule has 20 heavy (non-hydrogen) atoms. The van der Waals surface area contributed by atoms with Crippen LogP contribution in [0.1, 0.15) is 54.2 Å². The number of hydrogen-bond donors (Lipinski definition) is 1. The van der Waals surface area contributed by atoms with Gasteiger partial charge in [-0.2, -0.15) is 0 Å². The van der Waals surface area contributed by atoms with Crippen LogP contribution in [0.5, 0.6) is 0 Å². The topological polar surface area (TPSA) is 45.4 Å². The van der Waals surface area contributed by atoms with Crippen LogP contribution in [0.3, 0.4) is 0 Å². The van der Waals surface area contributed by atoms with E-state index in [0.717, 1.165) is 6.54 Å². The van der Waals surface area contributed by atoms with Crippen molar-refractivity contribution in [3.8, 4) is 0 Å². The van der Waals surface area contributed by atoms with Gasteiger partial charge in [-0.1, -0.05) is 6.92 Å². The normalized spacial score (nSPS) is 23.1. The van der Waals surface area contributed by atoms with Gasteiger partial charge in [0.2, 0.25) is 0 Å². The molecular formula is C15H26N4S. The molecule has 0 spiro atoms. The van der Waals surface area contributed by atoms with Gasteiger partial charge in [0.25, 0.3) is 0 Å². The molecule has 2 fully saturated rings. The third kappa shape index (κ3) is 3.22. The lowest BCUT2D eigenvalue weighted by Gasteiger charge is -2.33. The van der Waals surface area contributed by atoms with Crippen molar-refractivity contribution in [3.05, 3.63) is 15.6 Å². The van der Waals surface area contributed by atoms with E-state index in [1.807, 2.05) is 11.3 Å². The second kappa shape index (κ2) is 6.10. The van der Waals surface area contributed by atoms with Crippen molar-refractivity contribution in [2.45, 2.75) is 45.2 Å². The van der Waals surface area contributed by atoms with E-state index in [-0.39, 0.29) is 6.04 Å². The first-order valence-corrected chi connectivity index (χ1v) is 8.68. The summed E-state index contributed by atoms with van der Waals surface area (Å²) in [5, 5.41) is 1.27. The van der Waals surface area contributed by atoms with E-state index in [4.69, 9.17) is 10.7 Å². The summed E-state index contributed by atoms with van der Waals surface area (Å²) < 4.78 is 0. The van der Waals surface area contributed by atoms with Crippen molar-refractivity contribution in [1.82, 2.24) is 14.8 Å². The summed E-state index contributed by atoms with van der Waals surface area (Å²) in [7, 11) is 0. The van der Waals surface area contributed by atoms with Crippen LogP contribution < -0.4 is 5.73 Å². The van der Waals surface area contributed by atoms with E-state index in [2.05, 4.69) is 23.6 Å². The van der Waals surface area contributed by atoms with Gasteiger partial charge in [0.15, 0.2) is 0 Å². The van der Waals surface area contributed by atoms with Crippen LogP contribution in [0.15, 0.2) is 0 Å². The van der Waals surface area contributed by atoms with Gasteiger partial charge in [0, 0.05) is 43.0 Å². The summed E-state index contributed by atoms with van der Waals surface area (Å²) in [6, 6.07) is 0.133. The van der Waals surface area contributed by atoms with Gasteiger partial charge in [-0.15, -0.1) is 11.3 Å².